The molecule has 1 aliphatic carbocycles. The van der Waals surface area contributed by atoms with E-state index in [2.05, 4.69) is 15.0 Å². The van der Waals surface area contributed by atoms with Crippen LogP contribution in [0.15, 0.2) is 36.7 Å². The van der Waals surface area contributed by atoms with E-state index in [1.165, 1.54) is 6.33 Å². The molecule has 2 heterocycles. The summed E-state index contributed by atoms with van der Waals surface area (Å²) in [5.41, 5.74) is 8.32. The molecule has 9 heteroatoms. The van der Waals surface area contributed by atoms with Crippen molar-refractivity contribution in [2.45, 2.75) is 38.6 Å². The Kier molecular flexibility index (Phi) is 7.09. The molecule has 2 aromatic carbocycles. The van der Waals surface area contributed by atoms with Crippen molar-refractivity contribution in [3.63, 3.8) is 0 Å². The second-order valence-corrected chi connectivity index (χ2v) is 8.70. The monoisotopic (exact) mass is 486 g/mol. The van der Waals surface area contributed by atoms with E-state index in [-0.39, 0.29) is 30.1 Å². The van der Waals surface area contributed by atoms with Crippen LogP contribution in [0.2, 0.25) is 0 Å². The van der Waals surface area contributed by atoms with Crippen molar-refractivity contribution in [3.8, 4) is 23.1 Å². The Bertz CT molecular complexity index is 1310. The van der Waals surface area contributed by atoms with E-state index in [9.17, 15) is 0 Å². The molecule has 2 unspecified atom stereocenters. The second kappa shape index (κ2) is 10.0. The first-order chi connectivity index (χ1) is 16.0. The van der Waals surface area contributed by atoms with Gasteiger partial charge in [0.15, 0.2) is 23.1 Å². The van der Waals surface area contributed by atoms with Gasteiger partial charge in [0, 0.05) is 28.7 Å². The third-order valence-electron chi connectivity index (χ3n) is 6.23. The van der Waals surface area contributed by atoms with Crippen LogP contribution in [0.25, 0.3) is 21.8 Å². The Balaban J connectivity index is 0.00000274. The Morgan fingerprint density at radius 3 is 2.74 bits per heavy atom. The molecule has 180 valence electrons. The van der Waals surface area contributed by atoms with Crippen LogP contribution in [0.1, 0.15) is 31.4 Å². The minimum absolute atomic E-state index is 0. The normalized spacial score (nSPS) is 18.0. The number of rotatable bonds is 6. The van der Waals surface area contributed by atoms with Gasteiger partial charge in [0.2, 0.25) is 5.88 Å². The van der Waals surface area contributed by atoms with Crippen LogP contribution in [-0.4, -0.2) is 34.7 Å². The summed E-state index contributed by atoms with van der Waals surface area (Å²) in [7, 11) is 1.58. The summed E-state index contributed by atoms with van der Waals surface area (Å²) < 4.78 is 32.6. The lowest BCUT2D eigenvalue weighted by Gasteiger charge is -2.26. The molecule has 7 nitrogen and oxygen atoms in total. The van der Waals surface area contributed by atoms with Crippen molar-refractivity contribution in [1.29, 1.82) is 0 Å². The van der Waals surface area contributed by atoms with E-state index in [4.69, 9.17) is 19.9 Å². The molecule has 5 rings (SSSR count). The molecule has 2 aromatic heterocycles. The Labute approximate surface area is 203 Å². The minimum atomic E-state index is -0.443. The van der Waals surface area contributed by atoms with Crippen molar-refractivity contribution < 1.29 is 18.6 Å². The Hall–Kier alpha value is -3.10. The van der Waals surface area contributed by atoms with Crippen LogP contribution in [0, 0.1) is 18.7 Å². The average Bonchev–Trinajstić information content (AvgIpc) is 3.20. The predicted molar refractivity (Wildman–Crippen MR) is 132 cm³/mol. The van der Waals surface area contributed by atoms with E-state index in [0.717, 1.165) is 31.4 Å². The second-order valence-electron chi connectivity index (χ2n) is 8.70. The van der Waals surface area contributed by atoms with E-state index in [1.54, 1.807) is 37.4 Å². The summed E-state index contributed by atoms with van der Waals surface area (Å²) in [6.07, 6.45) is 5.67. The lowest BCUT2D eigenvalue weighted by atomic mass is 9.87. The number of H-pyrrole nitrogens is 1. The van der Waals surface area contributed by atoms with Crippen LogP contribution in [0.5, 0.6) is 23.1 Å². The first kappa shape index (κ1) is 24.0. The minimum Gasteiger partial charge on any atom is -0.493 e. The lowest BCUT2D eigenvalue weighted by Crippen LogP contribution is -2.30. The number of fused-ring (bicyclic) bond motifs is 2. The smallest absolute Gasteiger partial charge is 0.230 e. The highest BCUT2D eigenvalue weighted by atomic mass is 35.5. The van der Waals surface area contributed by atoms with Crippen LogP contribution >= 0.6 is 12.4 Å². The number of aryl methyl sites for hydroxylation is 1. The number of hydrogen-bond donors (Lipinski definition) is 2. The molecule has 1 aliphatic rings. The van der Waals surface area contributed by atoms with Gasteiger partial charge in [-0.25, -0.2) is 14.4 Å². The number of nitrogens with two attached hydrogens (primary N) is 1. The number of aromatic amines is 1. The molecule has 0 bridgehead atoms. The molecule has 0 radical (unpaired) electrons. The van der Waals surface area contributed by atoms with Gasteiger partial charge in [0.05, 0.1) is 24.6 Å². The third-order valence-corrected chi connectivity index (χ3v) is 6.23. The molecule has 1 fully saturated rings. The average molecular weight is 487 g/mol. The Morgan fingerprint density at radius 1 is 1.09 bits per heavy atom. The molecular weight excluding hydrogens is 459 g/mol. The van der Waals surface area contributed by atoms with E-state index >= 15 is 4.39 Å². The molecule has 0 spiro atoms. The van der Waals surface area contributed by atoms with Gasteiger partial charge in [-0.05, 0) is 56.4 Å². The molecule has 0 aliphatic heterocycles. The van der Waals surface area contributed by atoms with Gasteiger partial charge in [0.1, 0.15) is 6.33 Å². The topological polar surface area (TPSA) is 95.3 Å². The van der Waals surface area contributed by atoms with Crippen LogP contribution in [-0.2, 0) is 0 Å². The van der Waals surface area contributed by atoms with Crippen LogP contribution in [0.3, 0.4) is 0 Å². The molecule has 0 amide bonds. The summed E-state index contributed by atoms with van der Waals surface area (Å²) >= 11 is 0. The van der Waals surface area contributed by atoms with Gasteiger partial charge in [-0.15, -0.1) is 12.4 Å². The molecular formula is C25H28ClFN4O3. The van der Waals surface area contributed by atoms with E-state index in [0.29, 0.717) is 45.8 Å². The van der Waals surface area contributed by atoms with Crippen molar-refractivity contribution in [2.24, 2.45) is 11.7 Å². The fourth-order valence-electron chi connectivity index (χ4n) is 4.56. The van der Waals surface area contributed by atoms with Crippen LogP contribution in [0.4, 0.5) is 4.39 Å². The van der Waals surface area contributed by atoms with Gasteiger partial charge < -0.3 is 24.9 Å². The zero-order valence-electron chi connectivity index (χ0n) is 19.1. The van der Waals surface area contributed by atoms with Gasteiger partial charge in [-0.3, -0.25) is 0 Å². The van der Waals surface area contributed by atoms with Crippen molar-refractivity contribution in [1.82, 2.24) is 15.0 Å². The maximum Gasteiger partial charge on any atom is 0.230 e. The number of benzene rings is 2. The van der Waals surface area contributed by atoms with Crippen molar-refractivity contribution in [2.75, 3.05) is 13.7 Å². The molecule has 4 aromatic rings. The maximum absolute atomic E-state index is 15.0. The first-order valence-corrected chi connectivity index (χ1v) is 11.2. The fraction of sp³-hybridized carbons (Fsp3) is 0.360. The number of nitrogens with zero attached hydrogens (tertiary/aromatic N) is 2. The van der Waals surface area contributed by atoms with Crippen molar-refractivity contribution >= 4 is 34.2 Å². The van der Waals surface area contributed by atoms with E-state index in [1.807, 2.05) is 6.92 Å². The zero-order valence-corrected chi connectivity index (χ0v) is 20.0. The lowest BCUT2D eigenvalue weighted by molar-refractivity contribution is 0.193. The highest BCUT2D eigenvalue weighted by Crippen LogP contribution is 2.38. The third kappa shape index (κ3) is 4.74. The SMILES string of the molecule is COc1cc2c(Oc3ccc4[nH]c(C)cc4c3F)ncnc2cc1OCC1CCCC(N)C1.Cl. The number of ether oxygens (including phenoxy) is 3. The predicted octanol–water partition coefficient (Wildman–Crippen LogP) is 5.68. The van der Waals surface area contributed by atoms with E-state index < -0.39 is 5.82 Å². The first-order valence-electron chi connectivity index (χ1n) is 11.2. The number of aromatic nitrogens is 3. The highest BCUT2D eigenvalue weighted by molar-refractivity contribution is 5.87. The Morgan fingerprint density at radius 2 is 1.94 bits per heavy atom. The molecule has 34 heavy (non-hydrogen) atoms. The van der Waals surface area contributed by atoms with Gasteiger partial charge >= 0.3 is 0 Å². The molecule has 0 saturated heterocycles. The summed E-state index contributed by atoms with van der Waals surface area (Å²) in [6, 6.07) is 8.94. The van der Waals surface area contributed by atoms with Gasteiger partial charge in [-0.1, -0.05) is 6.42 Å². The number of halogens is 2. The quantitative estimate of drug-likeness (QED) is 0.364. The zero-order chi connectivity index (χ0) is 22.9. The van der Waals surface area contributed by atoms with Crippen LogP contribution < -0.4 is 19.9 Å². The van der Waals surface area contributed by atoms with Gasteiger partial charge in [0.25, 0.3) is 0 Å². The van der Waals surface area contributed by atoms with Gasteiger partial charge in [-0.2, -0.15) is 0 Å². The number of nitrogens with one attached hydrogen (secondary N) is 1. The number of methoxy groups -OCH3 is 1. The maximum atomic E-state index is 15.0. The molecule has 3 N–H and O–H groups in total. The summed E-state index contributed by atoms with van der Waals surface area (Å²) in [5.74, 6) is 1.46. The molecule has 2 atom stereocenters. The largest absolute Gasteiger partial charge is 0.493 e. The molecule has 1 saturated carbocycles. The van der Waals surface area contributed by atoms with Crippen molar-refractivity contribution in [3.05, 3.63) is 48.2 Å². The standard InChI is InChI=1S/C25H27FN4O3.ClH/c1-14-8-17-19(30-14)6-7-21(24(17)26)33-25-18-10-22(31-2)23(11-20(18)28-13-29-25)32-12-15-4-3-5-16(27)9-15;/h6-8,10-11,13,15-16,30H,3-5,9,12,27H2,1-2H3;1H. The highest BCUT2D eigenvalue weighted by Gasteiger charge is 2.21. The summed E-state index contributed by atoms with van der Waals surface area (Å²) in [4.78, 5) is 11.7. The number of hydrogen-bond acceptors (Lipinski definition) is 6. The fourth-order valence-corrected chi connectivity index (χ4v) is 4.56. The summed E-state index contributed by atoms with van der Waals surface area (Å²) in [6.45, 7) is 2.46. The summed E-state index contributed by atoms with van der Waals surface area (Å²) in [5, 5.41) is 1.07.